The summed E-state index contributed by atoms with van der Waals surface area (Å²) in [6.07, 6.45) is 3.54. The number of urea groups is 1. The first-order chi connectivity index (χ1) is 14.1. The van der Waals surface area contributed by atoms with E-state index >= 15 is 0 Å². The van der Waals surface area contributed by atoms with Gasteiger partial charge in [0.2, 0.25) is 0 Å². The van der Waals surface area contributed by atoms with E-state index in [4.69, 9.17) is 0 Å². The van der Waals surface area contributed by atoms with E-state index in [0.29, 0.717) is 0 Å². The van der Waals surface area contributed by atoms with Gasteiger partial charge in [0, 0.05) is 6.04 Å². The normalized spacial score (nSPS) is 18.0. The second-order valence-corrected chi connectivity index (χ2v) is 7.75. The Morgan fingerprint density at radius 1 is 0.862 bits per heavy atom. The van der Waals surface area contributed by atoms with Crippen LogP contribution in [0.5, 0.6) is 0 Å². The van der Waals surface area contributed by atoms with Gasteiger partial charge < -0.3 is 0 Å². The Morgan fingerprint density at radius 3 is 1.90 bits per heavy atom. The summed E-state index contributed by atoms with van der Waals surface area (Å²) in [6.45, 7) is 0.0566. The van der Waals surface area contributed by atoms with Crippen LogP contribution in [0.3, 0.4) is 0 Å². The lowest BCUT2D eigenvalue weighted by Crippen LogP contribution is -2.43. The number of nitrogens with zero attached hydrogens (tertiary/aromatic N) is 3. The van der Waals surface area contributed by atoms with E-state index in [-0.39, 0.29) is 18.8 Å². The van der Waals surface area contributed by atoms with E-state index in [0.717, 1.165) is 41.7 Å². The molecule has 2 aromatic carbocycles. The van der Waals surface area contributed by atoms with Crippen LogP contribution in [0.15, 0.2) is 60.7 Å². The number of carbonyl (C=O) groups is 3. The van der Waals surface area contributed by atoms with Crippen LogP contribution >= 0.6 is 0 Å². The average molecular weight is 391 g/mol. The molecule has 1 aliphatic carbocycles. The number of carbonyl (C=O) groups excluding carboxylic acids is 3. The monoisotopic (exact) mass is 391 g/mol. The Labute approximate surface area is 170 Å². The predicted molar refractivity (Wildman–Crippen MR) is 109 cm³/mol. The van der Waals surface area contributed by atoms with Crippen LogP contribution in [-0.4, -0.2) is 52.3 Å². The molecule has 0 aromatic heterocycles. The predicted octanol–water partition coefficient (Wildman–Crippen LogP) is 3.40. The smallest absolute Gasteiger partial charge is 0.277 e. The molecule has 0 spiro atoms. The fourth-order valence-electron chi connectivity index (χ4n) is 4.41. The molecule has 2 aliphatic rings. The molecule has 0 bridgehead atoms. The van der Waals surface area contributed by atoms with Gasteiger partial charge in [-0.2, -0.15) is 0 Å². The molecule has 1 heterocycles. The molecule has 6 heteroatoms. The first-order valence-electron chi connectivity index (χ1n) is 10.1. The van der Waals surface area contributed by atoms with E-state index in [1.165, 1.54) is 4.90 Å². The maximum Gasteiger partial charge on any atom is 0.335 e. The molecule has 0 N–H and O–H groups in total. The Kier molecular flexibility index (Phi) is 5.45. The molecule has 4 rings (SSSR count). The van der Waals surface area contributed by atoms with Gasteiger partial charge in [-0.3, -0.25) is 19.4 Å². The van der Waals surface area contributed by atoms with Crippen molar-refractivity contribution in [2.24, 2.45) is 0 Å². The summed E-state index contributed by atoms with van der Waals surface area (Å²) < 4.78 is 0. The number of rotatable bonds is 6. The lowest BCUT2D eigenvalue weighted by Gasteiger charge is -2.31. The second-order valence-electron chi connectivity index (χ2n) is 7.75. The molecule has 0 atom stereocenters. The molecular formula is C23H25N3O3. The number of hydrogen-bond acceptors (Lipinski definition) is 4. The molecule has 1 saturated carbocycles. The number of imide groups is 2. The SMILES string of the molecule is CN(CN1C(=O)C(=O)N(C2CCCC2)C1=O)C(c1ccccc1)c1ccccc1. The fraction of sp³-hybridized carbons (Fsp3) is 0.348. The molecule has 2 aromatic rings. The third-order valence-electron chi connectivity index (χ3n) is 5.81. The lowest BCUT2D eigenvalue weighted by molar-refractivity contribution is -0.144. The zero-order chi connectivity index (χ0) is 20.4. The van der Waals surface area contributed by atoms with Crippen LogP contribution in [-0.2, 0) is 9.59 Å². The summed E-state index contributed by atoms with van der Waals surface area (Å²) in [5.41, 5.74) is 2.11. The van der Waals surface area contributed by atoms with Crippen molar-refractivity contribution in [3.63, 3.8) is 0 Å². The minimum absolute atomic E-state index is 0.0566. The number of benzene rings is 2. The topological polar surface area (TPSA) is 60.9 Å². The summed E-state index contributed by atoms with van der Waals surface area (Å²) in [4.78, 5) is 42.2. The lowest BCUT2D eigenvalue weighted by atomic mass is 9.98. The van der Waals surface area contributed by atoms with Gasteiger partial charge in [0.05, 0.1) is 12.7 Å². The molecule has 2 fully saturated rings. The number of amides is 4. The van der Waals surface area contributed by atoms with Gasteiger partial charge in [-0.25, -0.2) is 9.69 Å². The number of hydrogen-bond donors (Lipinski definition) is 0. The Balaban J connectivity index is 1.59. The van der Waals surface area contributed by atoms with E-state index in [1.807, 2.05) is 72.6 Å². The summed E-state index contributed by atoms with van der Waals surface area (Å²) >= 11 is 0. The molecular weight excluding hydrogens is 366 g/mol. The van der Waals surface area contributed by atoms with Crippen LogP contribution in [0.1, 0.15) is 42.9 Å². The summed E-state index contributed by atoms with van der Waals surface area (Å²) in [5, 5.41) is 0. The zero-order valence-corrected chi connectivity index (χ0v) is 16.5. The van der Waals surface area contributed by atoms with E-state index in [1.54, 1.807) is 0 Å². The van der Waals surface area contributed by atoms with Crippen molar-refractivity contribution in [1.82, 2.24) is 14.7 Å². The van der Waals surface area contributed by atoms with Crippen LogP contribution in [0.2, 0.25) is 0 Å². The molecule has 1 saturated heterocycles. The third kappa shape index (κ3) is 3.68. The summed E-state index contributed by atoms with van der Waals surface area (Å²) in [5.74, 6) is -1.42. The minimum atomic E-state index is -0.728. The highest BCUT2D eigenvalue weighted by Crippen LogP contribution is 2.30. The highest BCUT2D eigenvalue weighted by Gasteiger charge is 2.48. The Bertz CT molecular complexity index is 855. The van der Waals surface area contributed by atoms with Crippen LogP contribution in [0.25, 0.3) is 0 Å². The van der Waals surface area contributed by atoms with Crippen molar-refractivity contribution in [3.05, 3.63) is 71.8 Å². The first kappa shape index (κ1) is 19.3. The molecule has 0 unspecified atom stereocenters. The summed E-state index contributed by atoms with van der Waals surface area (Å²) in [7, 11) is 1.87. The van der Waals surface area contributed by atoms with Gasteiger partial charge >= 0.3 is 17.8 Å². The Hall–Kier alpha value is -2.99. The fourth-order valence-corrected chi connectivity index (χ4v) is 4.41. The molecule has 150 valence electrons. The van der Waals surface area contributed by atoms with Crippen molar-refractivity contribution in [3.8, 4) is 0 Å². The highest BCUT2D eigenvalue weighted by molar-refractivity contribution is 6.44. The van der Waals surface area contributed by atoms with Gasteiger partial charge in [0.15, 0.2) is 0 Å². The van der Waals surface area contributed by atoms with E-state index in [2.05, 4.69) is 0 Å². The average Bonchev–Trinajstić information content (AvgIpc) is 3.33. The standard InChI is InChI=1S/C23H25N3O3/c1-24(20(17-10-4-2-5-11-17)18-12-6-3-7-13-18)16-25-21(27)22(28)26(23(25)29)19-14-8-9-15-19/h2-7,10-13,19-20H,8-9,14-16H2,1H3. The highest BCUT2D eigenvalue weighted by atomic mass is 16.2. The third-order valence-corrected chi connectivity index (χ3v) is 5.81. The zero-order valence-electron chi connectivity index (χ0n) is 16.5. The molecule has 6 nitrogen and oxygen atoms in total. The van der Waals surface area contributed by atoms with E-state index < -0.39 is 17.8 Å². The van der Waals surface area contributed by atoms with Crippen LogP contribution in [0.4, 0.5) is 4.79 Å². The van der Waals surface area contributed by atoms with Crippen LogP contribution in [0, 0.1) is 0 Å². The molecule has 4 amide bonds. The maximum atomic E-state index is 12.9. The minimum Gasteiger partial charge on any atom is -0.277 e. The van der Waals surface area contributed by atoms with E-state index in [9.17, 15) is 14.4 Å². The molecule has 29 heavy (non-hydrogen) atoms. The summed E-state index contributed by atoms with van der Waals surface area (Å²) in [6, 6.07) is 19.1. The molecule has 0 radical (unpaired) electrons. The van der Waals surface area contributed by atoms with Gasteiger partial charge in [-0.05, 0) is 31.0 Å². The first-order valence-corrected chi connectivity index (χ1v) is 10.1. The van der Waals surface area contributed by atoms with Gasteiger partial charge in [0.1, 0.15) is 0 Å². The van der Waals surface area contributed by atoms with Crippen molar-refractivity contribution in [2.75, 3.05) is 13.7 Å². The second kappa shape index (κ2) is 8.17. The quantitative estimate of drug-likeness (QED) is 0.559. The van der Waals surface area contributed by atoms with Crippen molar-refractivity contribution in [2.45, 2.75) is 37.8 Å². The van der Waals surface area contributed by atoms with Gasteiger partial charge in [0.25, 0.3) is 0 Å². The maximum absolute atomic E-state index is 12.9. The van der Waals surface area contributed by atoms with Crippen molar-refractivity contribution >= 4 is 17.8 Å². The largest absolute Gasteiger partial charge is 0.335 e. The van der Waals surface area contributed by atoms with Crippen LogP contribution < -0.4 is 0 Å². The Morgan fingerprint density at radius 2 is 1.38 bits per heavy atom. The van der Waals surface area contributed by atoms with Crippen molar-refractivity contribution < 1.29 is 14.4 Å². The van der Waals surface area contributed by atoms with Crippen molar-refractivity contribution in [1.29, 1.82) is 0 Å². The molecule has 1 aliphatic heterocycles. The van der Waals surface area contributed by atoms with Gasteiger partial charge in [-0.15, -0.1) is 0 Å². The van der Waals surface area contributed by atoms with Gasteiger partial charge in [-0.1, -0.05) is 73.5 Å².